The van der Waals surface area contributed by atoms with Crippen LogP contribution in [0.3, 0.4) is 0 Å². The van der Waals surface area contributed by atoms with Crippen molar-refractivity contribution in [2.45, 2.75) is 13.0 Å². The average Bonchev–Trinajstić information content (AvgIpc) is 3.08. The van der Waals surface area contributed by atoms with E-state index in [2.05, 4.69) is 4.99 Å². The Kier molecular flexibility index (Phi) is 5.37. The predicted octanol–water partition coefficient (Wildman–Crippen LogP) is 2.42. The summed E-state index contributed by atoms with van der Waals surface area (Å²) < 4.78 is 12.3. The molecule has 0 N–H and O–H groups in total. The lowest BCUT2D eigenvalue weighted by atomic mass is 9.96. The van der Waals surface area contributed by atoms with Gasteiger partial charge < -0.3 is 9.47 Å². The zero-order chi connectivity index (χ0) is 21.3. The van der Waals surface area contributed by atoms with E-state index in [0.29, 0.717) is 20.6 Å². The molecule has 2 heterocycles. The zero-order valence-corrected chi connectivity index (χ0v) is 17.6. The summed E-state index contributed by atoms with van der Waals surface area (Å²) in [7, 11) is 2.94. The van der Waals surface area contributed by atoms with Crippen molar-refractivity contribution in [1.82, 2.24) is 4.57 Å². The SMILES string of the molecule is COC(=O)C1=C(C)N=c2s/c(=C/c3ccc(OC)cc3)c(=O)n2C1c1ccccc1. The Hall–Kier alpha value is -3.45. The fraction of sp³-hybridized carbons (Fsp3) is 0.174. The van der Waals surface area contributed by atoms with Crippen molar-refractivity contribution in [1.29, 1.82) is 0 Å². The van der Waals surface area contributed by atoms with Crippen LogP contribution in [0.4, 0.5) is 0 Å². The minimum absolute atomic E-state index is 0.197. The molecule has 4 rings (SSSR count). The second-order valence-corrected chi connectivity index (χ2v) is 7.77. The Balaban J connectivity index is 1.93. The van der Waals surface area contributed by atoms with Crippen LogP contribution in [-0.4, -0.2) is 24.8 Å². The highest BCUT2D eigenvalue weighted by atomic mass is 32.1. The molecule has 1 aliphatic rings. The Bertz CT molecular complexity index is 1300. The first-order valence-corrected chi connectivity index (χ1v) is 10.1. The fourth-order valence-corrected chi connectivity index (χ4v) is 4.54. The number of carbonyl (C=O) groups is 1. The van der Waals surface area contributed by atoms with Crippen molar-refractivity contribution in [3.63, 3.8) is 0 Å². The van der Waals surface area contributed by atoms with Crippen molar-refractivity contribution in [3.8, 4) is 5.75 Å². The molecule has 0 saturated carbocycles. The van der Waals surface area contributed by atoms with Gasteiger partial charge in [-0.05, 0) is 36.3 Å². The van der Waals surface area contributed by atoms with Crippen molar-refractivity contribution in [2.24, 2.45) is 4.99 Å². The van der Waals surface area contributed by atoms with Crippen LogP contribution >= 0.6 is 11.3 Å². The van der Waals surface area contributed by atoms with Gasteiger partial charge in [0.05, 0.1) is 36.1 Å². The summed E-state index contributed by atoms with van der Waals surface area (Å²) in [5.74, 6) is 0.255. The van der Waals surface area contributed by atoms with Gasteiger partial charge in [0.2, 0.25) is 0 Å². The number of hydrogen-bond acceptors (Lipinski definition) is 6. The summed E-state index contributed by atoms with van der Waals surface area (Å²) in [5.41, 5.74) is 2.42. The topological polar surface area (TPSA) is 69.9 Å². The Morgan fingerprint density at radius 3 is 2.43 bits per heavy atom. The van der Waals surface area contributed by atoms with E-state index in [-0.39, 0.29) is 5.56 Å². The van der Waals surface area contributed by atoms with Crippen LogP contribution in [0, 0.1) is 0 Å². The summed E-state index contributed by atoms with van der Waals surface area (Å²) >= 11 is 1.30. The van der Waals surface area contributed by atoms with E-state index < -0.39 is 12.0 Å². The standard InChI is InChI=1S/C23H20N2O4S/c1-14-19(22(27)29-3)20(16-7-5-4-6-8-16)25-21(26)18(30-23(25)24-14)13-15-9-11-17(28-2)12-10-15/h4-13,20H,1-3H3/b18-13+. The maximum atomic E-state index is 13.4. The van der Waals surface area contributed by atoms with Gasteiger partial charge >= 0.3 is 5.97 Å². The van der Waals surface area contributed by atoms with Gasteiger partial charge in [0, 0.05) is 0 Å². The number of allylic oxidation sites excluding steroid dienone is 1. The highest BCUT2D eigenvalue weighted by Crippen LogP contribution is 2.30. The van der Waals surface area contributed by atoms with Gasteiger partial charge in [0.15, 0.2) is 4.80 Å². The highest BCUT2D eigenvalue weighted by Gasteiger charge is 2.32. The number of thiazole rings is 1. The Labute approximate surface area is 177 Å². The second kappa shape index (κ2) is 8.12. The molecule has 152 valence electrons. The molecule has 0 fully saturated rings. The molecule has 1 atom stereocenters. The van der Waals surface area contributed by atoms with Crippen LogP contribution in [0.25, 0.3) is 6.08 Å². The van der Waals surface area contributed by atoms with Gasteiger partial charge in [-0.3, -0.25) is 9.36 Å². The number of methoxy groups -OCH3 is 2. The zero-order valence-electron chi connectivity index (χ0n) is 16.8. The third kappa shape index (κ3) is 3.48. The van der Waals surface area contributed by atoms with Crippen LogP contribution in [0.5, 0.6) is 5.75 Å². The first kappa shape index (κ1) is 19.8. The fourth-order valence-electron chi connectivity index (χ4n) is 3.49. The summed E-state index contributed by atoms with van der Waals surface area (Å²) in [5, 5.41) is 0. The monoisotopic (exact) mass is 420 g/mol. The number of hydrogen-bond donors (Lipinski definition) is 0. The van der Waals surface area contributed by atoms with E-state index in [4.69, 9.17) is 9.47 Å². The van der Waals surface area contributed by atoms with E-state index in [1.54, 1.807) is 18.6 Å². The van der Waals surface area contributed by atoms with Crippen molar-refractivity contribution in [3.05, 3.63) is 96.7 Å². The predicted molar refractivity (Wildman–Crippen MR) is 115 cm³/mol. The molecule has 0 radical (unpaired) electrons. The molecule has 1 aromatic heterocycles. The Morgan fingerprint density at radius 1 is 1.10 bits per heavy atom. The van der Waals surface area contributed by atoms with Crippen molar-refractivity contribution >= 4 is 23.4 Å². The first-order valence-electron chi connectivity index (χ1n) is 9.33. The molecular weight excluding hydrogens is 400 g/mol. The summed E-state index contributed by atoms with van der Waals surface area (Å²) in [6, 6.07) is 16.3. The Morgan fingerprint density at radius 2 is 1.80 bits per heavy atom. The third-order valence-corrected chi connectivity index (χ3v) is 5.94. The molecule has 1 aliphatic heterocycles. The quantitative estimate of drug-likeness (QED) is 0.608. The molecule has 0 saturated heterocycles. The summed E-state index contributed by atoms with van der Waals surface area (Å²) in [6.45, 7) is 1.77. The molecular formula is C23H20N2O4S. The van der Waals surface area contributed by atoms with Gasteiger partial charge in [0.1, 0.15) is 5.75 Å². The van der Waals surface area contributed by atoms with E-state index in [1.807, 2.05) is 60.7 Å². The molecule has 3 aromatic rings. The van der Waals surface area contributed by atoms with Gasteiger partial charge in [-0.15, -0.1) is 0 Å². The lowest BCUT2D eigenvalue weighted by Gasteiger charge is -2.24. The molecule has 7 heteroatoms. The smallest absolute Gasteiger partial charge is 0.338 e. The largest absolute Gasteiger partial charge is 0.497 e. The average molecular weight is 420 g/mol. The maximum absolute atomic E-state index is 13.4. The minimum atomic E-state index is -0.590. The van der Waals surface area contributed by atoms with Gasteiger partial charge in [-0.1, -0.05) is 53.8 Å². The number of nitrogens with zero attached hydrogens (tertiary/aromatic N) is 2. The lowest BCUT2D eigenvalue weighted by Crippen LogP contribution is -2.39. The second-order valence-electron chi connectivity index (χ2n) is 6.76. The van der Waals surface area contributed by atoms with Crippen molar-refractivity contribution in [2.75, 3.05) is 14.2 Å². The minimum Gasteiger partial charge on any atom is -0.497 e. The number of carbonyl (C=O) groups excluding carboxylic acids is 1. The molecule has 1 unspecified atom stereocenters. The number of esters is 1. The molecule has 30 heavy (non-hydrogen) atoms. The molecule has 0 spiro atoms. The first-order chi connectivity index (χ1) is 14.5. The van der Waals surface area contributed by atoms with Gasteiger partial charge in [-0.25, -0.2) is 9.79 Å². The van der Waals surface area contributed by atoms with Crippen molar-refractivity contribution < 1.29 is 14.3 Å². The van der Waals surface area contributed by atoms with Crippen LogP contribution in [0.1, 0.15) is 24.1 Å². The number of rotatable bonds is 4. The van der Waals surface area contributed by atoms with Crippen LogP contribution in [0.15, 0.2) is 75.7 Å². The van der Waals surface area contributed by atoms with Gasteiger partial charge in [-0.2, -0.15) is 0 Å². The van der Waals surface area contributed by atoms with E-state index in [0.717, 1.165) is 16.9 Å². The number of ether oxygens (including phenoxy) is 2. The van der Waals surface area contributed by atoms with E-state index in [1.165, 1.54) is 18.4 Å². The molecule has 6 nitrogen and oxygen atoms in total. The van der Waals surface area contributed by atoms with E-state index in [9.17, 15) is 9.59 Å². The van der Waals surface area contributed by atoms with Gasteiger partial charge in [0.25, 0.3) is 5.56 Å². The number of fused-ring (bicyclic) bond motifs is 1. The molecule has 0 bridgehead atoms. The number of aromatic nitrogens is 1. The maximum Gasteiger partial charge on any atom is 0.338 e. The lowest BCUT2D eigenvalue weighted by molar-refractivity contribution is -0.136. The van der Waals surface area contributed by atoms with Crippen LogP contribution in [-0.2, 0) is 9.53 Å². The molecule has 0 aliphatic carbocycles. The molecule has 0 amide bonds. The normalized spacial score (nSPS) is 16.1. The summed E-state index contributed by atoms with van der Waals surface area (Å²) in [4.78, 5) is 31.0. The third-order valence-electron chi connectivity index (χ3n) is 4.96. The van der Waals surface area contributed by atoms with Crippen LogP contribution < -0.4 is 19.6 Å². The highest BCUT2D eigenvalue weighted by molar-refractivity contribution is 7.07. The molecule has 2 aromatic carbocycles. The number of benzene rings is 2. The van der Waals surface area contributed by atoms with Crippen LogP contribution in [0.2, 0.25) is 0 Å². The summed E-state index contributed by atoms with van der Waals surface area (Å²) in [6.07, 6.45) is 1.82. The van der Waals surface area contributed by atoms with E-state index >= 15 is 0 Å².